The van der Waals surface area contributed by atoms with Crippen molar-refractivity contribution in [2.24, 2.45) is 4.99 Å². The van der Waals surface area contributed by atoms with Crippen molar-refractivity contribution in [2.75, 3.05) is 20.8 Å². The number of rotatable bonds is 9. The molecule has 1 aromatic carbocycles. The van der Waals surface area contributed by atoms with Crippen molar-refractivity contribution in [2.45, 2.75) is 40.0 Å². The molecule has 2 aromatic heterocycles. The predicted molar refractivity (Wildman–Crippen MR) is 118 cm³/mol. The number of nitrogens with one attached hydrogen (secondary N) is 2. The van der Waals surface area contributed by atoms with E-state index in [9.17, 15) is 0 Å². The van der Waals surface area contributed by atoms with Crippen molar-refractivity contribution in [1.82, 2.24) is 30.2 Å². The number of aromatic nitrogens is 4. The standard InChI is InChI=1S/C22H31N7O/c1-17-21(18(2)29(27-17)12-13-30-4)15-25-22(23-3)24-14-19-8-5-6-9-20(19)16-28-11-7-10-26-28/h5-11H,12-16H2,1-4H3,(H2,23,24,25). The van der Waals surface area contributed by atoms with E-state index in [1.807, 2.05) is 28.6 Å². The maximum absolute atomic E-state index is 5.17. The summed E-state index contributed by atoms with van der Waals surface area (Å²) in [5, 5.41) is 15.8. The second-order valence-electron chi connectivity index (χ2n) is 7.12. The maximum atomic E-state index is 5.17. The maximum Gasteiger partial charge on any atom is 0.191 e. The molecule has 0 bridgehead atoms. The second kappa shape index (κ2) is 10.6. The highest BCUT2D eigenvalue weighted by Crippen LogP contribution is 2.13. The number of benzene rings is 1. The Morgan fingerprint density at radius 3 is 2.57 bits per heavy atom. The summed E-state index contributed by atoms with van der Waals surface area (Å²) in [6, 6.07) is 10.3. The van der Waals surface area contributed by atoms with Crippen molar-refractivity contribution in [3.8, 4) is 0 Å². The second-order valence-corrected chi connectivity index (χ2v) is 7.12. The Balaban J connectivity index is 1.59. The van der Waals surface area contributed by atoms with Crippen LogP contribution in [-0.4, -0.2) is 46.3 Å². The molecule has 30 heavy (non-hydrogen) atoms. The number of aliphatic imine (C=N–C) groups is 1. The lowest BCUT2D eigenvalue weighted by Gasteiger charge is -2.15. The molecule has 160 valence electrons. The molecule has 0 aliphatic heterocycles. The average molecular weight is 410 g/mol. The van der Waals surface area contributed by atoms with Crippen molar-refractivity contribution >= 4 is 5.96 Å². The number of nitrogens with zero attached hydrogens (tertiary/aromatic N) is 5. The number of methoxy groups -OCH3 is 1. The summed E-state index contributed by atoms with van der Waals surface area (Å²) in [6.45, 7) is 7.62. The minimum Gasteiger partial charge on any atom is -0.383 e. The van der Waals surface area contributed by atoms with Gasteiger partial charge in [0.1, 0.15) is 0 Å². The van der Waals surface area contributed by atoms with E-state index in [1.165, 1.54) is 16.7 Å². The molecule has 0 atom stereocenters. The molecule has 0 unspecified atom stereocenters. The van der Waals surface area contributed by atoms with Crippen LogP contribution in [0.3, 0.4) is 0 Å². The minimum atomic E-state index is 0.649. The summed E-state index contributed by atoms with van der Waals surface area (Å²) in [4.78, 5) is 4.37. The molecule has 0 spiro atoms. The van der Waals surface area contributed by atoms with Crippen LogP contribution in [0.5, 0.6) is 0 Å². The molecule has 0 fully saturated rings. The predicted octanol–water partition coefficient (Wildman–Crippen LogP) is 2.26. The SMILES string of the molecule is CN=C(NCc1ccccc1Cn1cccn1)NCc1c(C)nn(CCOC)c1C. The van der Waals surface area contributed by atoms with Gasteiger partial charge in [-0.2, -0.15) is 10.2 Å². The Morgan fingerprint density at radius 1 is 1.10 bits per heavy atom. The van der Waals surface area contributed by atoms with Crippen LogP contribution in [0.25, 0.3) is 0 Å². The first-order valence-corrected chi connectivity index (χ1v) is 10.1. The summed E-state index contributed by atoms with van der Waals surface area (Å²) in [7, 11) is 3.49. The van der Waals surface area contributed by atoms with Gasteiger partial charge in [0.05, 0.1) is 25.4 Å². The lowest BCUT2D eigenvalue weighted by Crippen LogP contribution is -2.36. The Labute approximate surface area is 178 Å². The highest BCUT2D eigenvalue weighted by atomic mass is 16.5. The number of guanidine groups is 1. The molecule has 0 saturated heterocycles. The molecule has 0 saturated carbocycles. The number of hydrogen-bond donors (Lipinski definition) is 2. The highest BCUT2D eigenvalue weighted by molar-refractivity contribution is 5.79. The van der Waals surface area contributed by atoms with Crippen LogP contribution >= 0.6 is 0 Å². The monoisotopic (exact) mass is 409 g/mol. The van der Waals surface area contributed by atoms with Crippen LogP contribution in [0.4, 0.5) is 0 Å². The molecular formula is C22H31N7O. The highest BCUT2D eigenvalue weighted by Gasteiger charge is 2.12. The molecule has 3 rings (SSSR count). The summed E-state index contributed by atoms with van der Waals surface area (Å²) in [6.07, 6.45) is 3.77. The van der Waals surface area contributed by atoms with Gasteiger partial charge < -0.3 is 15.4 Å². The van der Waals surface area contributed by atoms with Gasteiger partial charge in [-0.05, 0) is 31.0 Å². The quantitative estimate of drug-likeness (QED) is 0.419. The summed E-state index contributed by atoms with van der Waals surface area (Å²) >= 11 is 0. The lowest BCUT2D eigenvalue weighted by molar-refractivity contribution is 0.182. The Bertz CT molecular complexity index is 960. The minimum absolute atomic E-state index is 0.649. The first kappa shape index (κ1) is 21.6. The zero-order valence-corrected chi connectivity index (χ0v) is 18.2. The Hall–Kier alpha value is -3.13. The van der Waals surface area contributed by atoms with Gasteiger partial charge in [0.2, 0.25) is 0 Å². The van der Waals surface area contributed by atoms with E-state index >= 15 is 0 Å². The Morgan fingerprint density at radius 2 is 1.87 bits per heavy atom. The molecule has 3 aromatic rings. The number of hydrogen-bond acceptors (Lipinski definition) is 4. The van der Waals surface area contributed by atoms with Gasteiger partial charge in [-0.15, -0.1) is 0 Å². The number of aryl methyl sites for hydroxylation is 1. The number of ether oxygens (including phenoxy) is 1. The molecule has 8 heteroatoms. The van der Waals surface area contributed by atoms with Gasteiger partial charge in [0.15, 0.2) is 5.96 Å². The molecular weight excluding hydrogens is 378 g/mol. The van der Waals surface area contributed by atoms with Gasteiger partial charge in [-0.1, -0.05) is 24.3 Å². The molecule has 8 nitrogen and oxygen atoms in total. The first-order chi connectivity index (χ1) is 14.6. The van der Waals surface area contributed by atoms with Gasteiger partial charge in [-0.25, -0.2) is 0 Å². The molecule has 2 heterocycles. The molecule has 0 radical (unpaired) electrons. The largest absolute Gasteiger partial charge is 0.383 e. The van der Waals surface area contributed by atoms with Gasteiger partial charge in [-0.3, -0.25) is 14.4 Å². The third-order valence-electron chi connectivity index (χ3n) is 5.15. The molecule has 0 amide bonds. The van der Waals surface area contributed by atoms with Crippen LogP contribution in [0.15, 0.2) is 47.7 Å². The van der Waals surface area contributed by atoms with Crippen molar-refractivity contribution in [3.05, 3.63) is 70.8 Å². The van der Waals surface area contributed by atoms with E-state index in [0.717, 1.165) is 30.4 Å². The first-order valence-electron chi connectivity index (χ1n) is 10.1. The fraction of sp³-hybridized carbons (Fsp3) is 0.409. The summed E-state index contributed by atoms with van der Waals surface area (Å²) < 4.78 is 9.10. The molecule has 0 aliphatic carbocycles. The van der Waals surface area contributed by atoms with Crippen LogP contribution in [0.2, 0.25) is 0 Å². The van der Waals surface area contributed by atoms with E-state index in [0.29, 0.717) is 19.7 Å². The van der Waals surface area contributed by atoms with Gasteiger partial charge >= 0.3 is 0 Å². The average Bonchev–Trinajstić information content (AvgIpc) is 3.36. The van der Waals surface area contributed by atoms with E-state index in [2.05, 4.69) is 57.0 Å². The molecule has 2 N–H and O–H groups in total. The van der Waals surface area contributed by atoms with E-state index in [4.69, 9.17) is 4.74 Å². The zero-order valence-electron chi connectivity index (χ0n) is 18.2. The van der Waals surface area contributed by atoms with Crippen molar-refractivity contribution in [1.29, 1.82) is 0 Å². The Kier molecular flexibility index (Phi) is 7.62. The molecule has 0 aliphatic rings. The van der Waals surface area contributed by atoms with Crippen LogP contribution in [-0.2, 0) is 30.9 Å². The topological polar surface area (TPSA) is 81.3 Å². The van der Waals surface area contributed by atoms with Crippen LogP contribution in [0, 0.1) is 13.8 Å². The van der Waals surface area contributed by atoms with E-state index < -0.39 is 0 Å². The van der Waals surface area contributed by atoms with Gasteiger partial charge in [0, 0.05) is 50.9 Å². The van der Waals surface area contributed by atoms with Crippen LogP contribution < -0.4 is 10.6 Å². The smallest absolute Gasteiger partial charge is 0.191 e. The summed E-state index contributed by atoms with van der Waals surface area (Å²) in [5.74, 6) is 0.757. The third kappa shape index (κ3) is 5.48. The zero-order chi connectivity index (χ0) is 21.3. The normalized spacial score (nSPS) is 11.7. The van der Waals surface area contributed by atoms with Crippen LogP contribution in [0.1, 0.15) is 28.1 Å². The third-order valence-corrected chi connectivity index (χ3v) is 5.15. The van der Waals surface area contributed by atoms with Crippen molar-refractivity contribution < 1.29 is 4.74 Å². The van der Waals surface area contributed by atoms with E-state index in [-0.39, 0.29) is 0 Å². The van der Waals surface area contributed by atoms with Gasteiger partial charge in [0.25, 0.3) is 0 Å². The summed E-state index contributed by atoms with van der Waals surface area (Å²) in [5.41, 5.74) is 5.81. The fourth-order valence-electron chi connectivity index (χ4n) is 3.41. The fourth-order valence-corrected chi connectivity index (χ4v) is 3.41. The van der Waals surface area contributed by atoms with Crippen molar-refractivity contribution in [3.63, 3.8) is 0 Å². The lowest BCUT2D eigenvalue weighted by atomic mass is 10.1. The van der Waals surface area contributed by atoms with E-state index in [1.54, 1.807) is 20.4 Å².